The smallest absolute Gasteiger partial charge is 0.317 e. The van der Waals surface area contributed by atoms with Gasteiger partial charge in [0.15, 0.2) is 5.96 Å². The van der Waals surface area contributed by atoms with E-state index in [9.17, 15) is 9.59 Å². The molecule has 3 aliphatic rings. The molecule has 0 bridgehead atoms. The maximum Gasteiger partial charge on any atom is 0.317 e. The van der Waals surface area contributed by atoms with Crippen molar-refractivity contribution in [1.82, 2.24) is 15.5 Å². The fourth-order valence-corrected chi connectivity index (χ4v) is 4.13. The highest BCUT2D eigenvalue weighted by Crippen LogP contribution is 2.39. The number of carbonyl (C=O) groups is 2. The Morgan fingerprint density at radius 1 is 1.33 bits per heavy atom. The number of nitrogens with zero attached hydrogens (tertiary/aromatic N) is 2. The standard InChI is InChI=1S/C19H25N5O3/c1-18(2)11-13(12-5-3-4-6-14(12)27-18)21-17(26)24-9-7-19(8-10-24)15(25)22-16(20)23-19/h3-6,13H,7-11H2,1-2H3,(H,21,26)(H3,20,22,23,25)/t13-/m1/s1. The summed E-state index contributed by atoms with van der Waals surface area (Å²) < 4.78 is 6.03. The second kappa shape index (κ2) is 6.14. The fraction of sp³-hybridized carbons (Fsp3) is 0.526. The second-order valence-electron chi connectivity index (χ2n) is 8.08. The molecule has 4 N–H and O–H groups in total. The average Bonchev–Trinajstić information content (AvgIpc) is 2.87. The summed E-state index contributed by atoms with van der Waals surface area (Å²) in [5, 5.41) is 5.71. The van der Waals surface area contributed by atoms with Crippen LogP contribution in [0, 0.1) is 0 Å². The number of guanidine groups is 1. The van der Waals surface area contributed by atoms with Gasteiger partial charge in [-0.15, -0.1) is 0 Å². The van der Waals surface area contributed by atoms with Crippen molar-refractivity contribution in [1.29, 1.82) is 0 Å². The zero-order chi connectivity index (χ0) is 19.2. The number of likely N-dealkylation sites (tertiary alicyclic amines) is 1. The van der Waals surface area contributed by atoms with Gasteiger partial charge in [0.05, 0.1) is 6.04 Å². The van der Waals surface area contributed by atoms with Gasteiger partial charge in [0.2, 0.25) is 0 Å². The molecule has 0 aliphatic carbocycles. The molecular weight excluding hydrogens is 346 g/mol. The van der Waals surface area contributed by atoms with E-state index < -0.39 is 5.54 Å². The van der Waals surface area contributed by atoms with Gasteiger partial charge >= 0.3 is 6.03 Å². The van der Waals surface area contributed by atoms with E-state index in [0.717, 1.165) is 11.3 Å². The largest absolute Gasteiger partial charge is 0.487 e. The Bertz CT molecular complexity index is 811. The van der Waals surface area contributed by atoms with Crippen LogP contribution in [0.5, 0.6) is 5.75 Å². The normalized spacial score (nSPS) is 25.3. The Morgan fingerprint density at radius 2 is 2.04 bits per heavy atom. The van der Waals surface area contributed by atoms with E-state index in [2.05, 4.69) is 15.6 Å². The Morgan fingerprint density at radius 3 is 2.70 bits per heavy atom. The van der Waals surface area contributed by atoms with Crippen LogP contribution in [0.3, 0.4) is 0 Å². The lowest BCUT2D eigenvalue weighted by Crippen LogP contribution is -2.53. The van der Waals surface area contributed by atoms with E-state index in [-0.39, 0.29) is 29.5 Å². The number of aliphatic imine (C=N–C) groups is 1. The summed E-state index contributed by atoms with van der Waals surface area (Å²) in [4.78, 5) is 31.0. The lowest BCUT2D eigenvalue weighted by Gasteiger charge is -2.40. The molecule has 0 saturated carbocycles. The third-order valence-corrected chi connectivity index (χ3v) is 5.55. The van der Waals surface area contributed by atoms with Crippen LogP contribution >= 0.6 is 0 Å². The number of piperidine rings is 1. The second-order valence-corrected chi connectivity index (χ2v) is 8.08. The van der Waals surface area contributed by atoms with Crippen molar-refractivity contribution in [3.05, 3.63) is 29.8 Å². The zero-order valence-electron chi connectivity index (χ0n) is 15.6. The van der Waals surface area contributed by atoms with Crippen molar-refractivity contribution < 1.29 is 14.3 Å². The third kappa shape index (κ3) is 3.20. The van der Waals surface area contributed by atoms with Crippen LogP contribution in [0.4, 0.5) is 4.79 Å². The monoisotopic (exact) mass is 371 g/mol. The van der Waals surface area contributed by atoms with E-state index in [0.29, 0.717) is 32.4 Å². The van der Waals surface area contributed by atoms with Crippen LogP contribution in [0.15, 0.2) is 29.3 Å². The first-order valence-electron chi connectivity index (χ1n) is 9.28. The predicted octanol–water partition coefficient (Wildman–Crippen LogP) is 1.28. The molecular formula is C19H25N5O3. The molecule has 1 spiro atoms. The number of fused-ring (bicyclic) bond motifs is 1. The minimum atomic E-state index is -0.811. The summed E-state index contributed by atoms with van der Waals surface area (Å²) in [5.41, 5.74) is 5.46. The molecule has 0 unspecified atom stereocenters. The molecule has 3 heterocycles. The molecule has 144 valence electrons. The summed E-state index contributed by atoms with van der Waals surface area (Å²) in [6.07, 6.45) is 1.64. The number of ether oxygens (including phenoxy) is 1. The molecule has 1 aromatic rings. The Labute approximate surface area is 158 Å². The first-order chi connectivity index (χ1) is 12.8. The Kier molecular flexibility index (Phi) is 4.01. The van der Waals surface area contributed by atoms with Crippen LogP contribution in [0.25, 0.3) is 0 Å². The highest BCUT2D eigenvalue weighted by molar-refractivity contribution is 6.06. The molecule has 1 atom stereocenters. The molecule has 1 aromatic carbocycles. The summed E-state index contributed by atoms with van der Waals surface area (Å²) in [7, 11) is 0. The molecule has 4 rings (SSSR count). The number of nitrogens with one attached hydrogen (secondary N) is 2. The van der Waals surface area contributed by atoms with Crippen molar-refractivity contribution in [2.45, 2.75) is 50.3 Å². The highest BCUT2D eigenvalue weighted by atomic mass is 16.5. The van der Waals surface area contributed by atoms with Gasteiger partial charge in [0, 0.05) is 25.1 Å². The first-order valence-corrected chi connectivity index (χ1v) is 9.28. The van der Waals surface area contributed by atoms with Gasteiger partial charge in [0.1, 0.15) is 16.9 Å². The average molecular weight is 371 g/mol. The lowest BCUT2D eigenvalue weighted by atomic mass is 9.88. The number of para-hydroxylation sites is 1. The first kappa shape index (κ1) is 17.6. The van der Waals surface area contributed by atoms with Crippen molar-refractivity contribution in [2.75, 3.05) is 13.1 Å². The number of amides is 3. The number of rotatable bonds is 1. The molecule has 8 nitrogen and oxygen atoms in total. The number of hydrogen-bond acceptors (Lipinski definition) is 5. The van der Waals surface area contributed by atoms with E-state index in [1.165, 1.54) is 0 Å². The number of hydrogen-bond donors (Lipinski definition) is 3. The molecule has 3 amide bonds. The van der Waals surface area contributed by atoms with Gasteiger partial charge in [0.25, 0.3) is 5.91 Å². The molecule has 8 heteroatoms. The predicted molar refractivity (Wildman–Crippen MR) is 100 cm³/mol. The zero-order valence-corrected chi connectivity index (χ0v) is 15.6. The summed E-state index contributed by atoms with van der Waals surface area (Å²) in [6, 6.07) is 7.56. The molecule has 3 aliphatic heterocycles. The van der Waals surface area contributed by atoms with Gasteiger partial charge in [-0.25, -0.2) is 9.79 Å². The van der Waals surface area contributed by atoms with Gasteiger partial charge in [-0.05, 0) is 32.8 Å². The van der Waals surface area contributed by atoms with Crippen molar-refractivity contribution >= 4 is 17.9 Å². The molecule has 0 aromatic heterocycles. The number of benzene rings is 1. The lowest BCUT2D eigenvalue weighted by molar-refractivity contribution is -0.125. The molecule has 27 heavy (non-hydrogen) atoms. The number of carbonyl (C=O) groups excluding carboxylic acids is 2. The Balaban J connectivity index is 1.44. The van der Waals surface area contributed by atoms with Crippen molar-refractivity contribution in [2.24, 2.45) is 10.7 Å². The summed E-state index contributed by atoms with van der Waals surface area (Å²) in [6.45, 7) is 4.97. The van der Waals surface area contributed by atoms with Crippen LogP contribution < -0.4 is 21.1 Å². The number of nitrogens with two attached hydrogens (primary N) is 1. The molecule has 1 saturated heterocycles. The number of urea groups is 1. The van der Waals surface area contributed by atoms with E-state index in [4.69, 9.17) is 10.5 Å². The SMILES string of the molecule is CC1(C)C[C@@H](NC(=O)N2CCC3(CC2)N=C(N)NC3=O)c2ccccc2O1. The summed E-state index contributed by atoms with van der Waals surface area (Å²) in [5.74, 6) is 0.809. The van der Waals surface area contributed by atoms with Gasteiger partial charge in [-0.2, -0.15) is 0 Å². The van der Waals surface area contributed by atoms with Gasteiger partial charge in [-0.1, -0.05) is 18.2 Å². The molecule has 0 radical (unpaired) electrons. The minimum Gasteiger partial charge on any atom is -0.487 e. The van der Waals surface area contributed by atoms with Crippen LogP contribution in [0.2, 0.25) is 0 Å². The maximum absolute atomic E-state index is 12.8. The topological polar surface area (TPSA) is 109 Å². The van der Waals surface area contributed by atoms with E-state index >= 15 is 0 Å². The minimum absolute atomic E-state index is 0.114. The van der Waals surface area contributed by atoms with Crippen molar-refractivity contribution in [3.63, 3.8) is 0 Å². The van der Waals surface area contributed by atoms with Gasteiger partial charge < -0.3 is 20.7 Å². The van der Waals surface area contributed by atoms with E-state index in [1.54, 1.807) is 4.90 Å². The van der Waals surface area contributed by atoms with Crippen molar-refractivity contribution in [3.8, 4) is 5.75 Å². The maximum atomic E-state index is 12.8. The van der Waals surface area contributed by atoms with Crippen LogP contribution in [0.1, 0.15) is 44.7 Å². The van der Waals surface area contributed by atoms with Crippen LogP contribution in [-0.4, -0.2) is 47.0 Å². The highest BCUT2D eigenvalue weighted by Gasteiger charge is 2.46. The van der Waals surface area contributed by atoms with Gasteiger partial charge in [-0.3, -0.25) is 10.1 Å². The van der Waals surface area contributed by atoms with Crippen LogP contribution in [-0.2, 0) is 4.79 Å². The quantitative estimate of drug-likeness (QED) is 0.691. The molecule has 1 fully saturated rings. The van der Waals surface area contributed by atoms with E-state index in [1.807, 2.05) is 38.1 Å². The Hall–Kier alpha value is -2.77. The summed E-state index contributed by atoms with van der Waals surface area (Å²) >= 11 is 0. The third-order valence-electron chi connectivity index (χ3n) is 5.55. The fourth-order valence-electron chi connectivity index (χ4n) is 4.13.